The van der Waals surface area contributed by atoms with Crippen LogP contribution in [-0.2, 0) is 22.4 Å². The lowest BCUT2D eigenvalue weighted by atomic mass is 9.97. The van der Waals surface area contributed by atoms with E-state index in [0.29, 0.717) is 27.7 Å². The highest BCUT2D eigenvalue weighted by Gasteiger charge is 2.28. The van der Waals surface area contributed by atoms with E-state index in [1.165, 1.54) is 5.56 Å². The van der Waals surface area contributed by atoms with E-state index < -0.39 is 17.6 Å². The number of nitrogens with zero attached hydrogens (tertiary/aromatic N) is 1. The van der Waals surface area contributed by atoms with Gasteiger partial charge in [0.25, 0.3) is 0 Å². The van der Waals surface area contributed by atoms with E-state index in [-0.39, 0.29) is 18.0 Å². The molecule has 0 spiro atoms. The Morgan fingerprint density at radius 1 is 1.07 bits per heavy atom. The lowest BCUT2D eigenvalue weighted by molar-refractivity contribution is -0.157. The van der Waals surface area contributed by atoms with Gasteiger partial charge in [0.05, 0.1) is 5.56 Å². The van der Waals surface area contributed by atoms with Crippen molar-refractivity contribution < 1.29 is 19.4 Å². The number of fused-ring (bicyclic) bond motifs is 1. The predicted octanol–water partition coefficient (Wildman–Crippen LogP) is 7.10. The van der Waals surface area contributed by atoms with Gasteiger partial charge in [0, 0.05) is 51.0 Å². The Kier molecular flexibility index (Phi) is 9.51. The number of carbonyl (C=O) groups excluding carboxylic acids is 1. The zero-order valence-electron chi connectivity index (χ0n) is 22.8. The summed E-state index contributed by atoms with van der Waals surface area (Å²) in [6.07, 6.45) is 6.56. The lowest BCUT2D eigenvalue weighted by Crippen LogP contribution is -2.43. The molecular formula is C31H33Cl2N3O4. The van der Waals surface area contributed by atoms with E-state index >= 15 is 0 Å². The Bertz CT molecular complexity index is 1480. The summed E-state index contributed by atoms with van der Waals surface area (Å²) in [4.78, 5) is 32.7. The van der Waals surface area contributed by atoms with Crippen molar-refractivity contribution in [2.24, 2.45) is 0 Å². The molecule has 9 heteroatoms. The van der Waals surface area contributed by atoms with E-state index in [2.05, 4.69) is 21.4 Å². The Balaban J connectivity index is 1.66. The van der Waals surface area contributed by atoms with Crippen LogP contribution in [0.4, 0.5) is 0 Å². The molecule has 7 nitrogen and oxygen atoms in total. The molecule has 0 aliphatic heterocycles. The van der Waals surface area contributed by atoms with Crippen molar-refractivity contribution in [2.75, 3.05) is 6.54 Å². The number of aromatic carboxylic acids is 1. The highest BCUT2D eigenvalue weighted by Crippen LogP contribution is 2.35. The maximum atomic E-state index is 13.4. The number of ether oxygens (including phenoxy) is 1. The van der Waals surface area contributed by atoms with Gasteiger partial charge in [-0.1, -0.05) is 29.3 Å². The molecule has 1 unspecified atom stereocenters. The van der Waals surface area contributed by atoms with Crippen LogP contribution in [0.2, 0.25) is 10.0 Å². The molecule has 0 saturated heterocycles. The minimum atomic E-state index is -1.03. The van der Waals surface area contributed by atoms with Crippen molar-refractivity contribution in [1.29, 1.82) is 0 Å². The average molecular weight is 583 g/mol. The molecule has 0 radical (unpaired) electrons. The SMILES string of the molecule is CC(C)(C)OC(=O)C(Cc1c(-c2cc(Cl)cc(Cl)c2)[nH]c2ccc(C(=O)O)cc12)NCCCCc1cccnc1. The van der Waals surface area contributed by atoms with Gasteiger partial charge in [0.2, 0.25) is 0 Å². The second kappa shape index (κ2) is 12.9. The number of carboxylic acids is 1. The van der Waals surface area contributed by atoms with Crippen molar-refractivity contribution in [1.82, 2.24) is 15.3 Å². The summed E-state index contributed by atoms with van der Waals surface area (Å²) in [7, 11) is 0. The van der Waals surface area contributed by atoms with E-state index in [1.54, 1.807) is 42.6 Å². The van der Waals surface area contributed by atoms with Crippen LogP contribution in [0.25, 0.3) is 22.2 Å². The minimum Gasteiger partial charge on any atom is -0.478 e. The summed E-state index contributed by atoms with van der Waals surface area (Å²) >= 11 is 12.6. The summed E-state index contributed by atoms with van der Waals surface area (Å²) in [6, 6.07) is 13.4. The van der Waals surface area contributed by atoms with Gasteiger partial charge in [0.15, 0.2) is 0 Å². The van der Waals surface area contributed by atoms with Gasteiger partial charge in [-0.05, 0) is 100 Å². The number of aromatic nitrogens is 2. The number of hydrogen-bond donors (Lipinski definition) is 3. The number of carboxylic acid groups (broad SMARTS) is 1. The third-order valence-corrected chi connectivity index (χ3v) is 6.85. The number of benzene rings is 2. The summed E-state index contributed by atoms with van der Waals surface area (Å²) in [5, 5.41) is 14.7. The van der Waals surface area contributed by atoms with Gasteiger partial charge < -0.3 is 20.1 Å². The van der Waals surface area contributed by atoms with Crippen LogP contribution in [0.3, 0.4) is 0 Å². The second-order valence-electron chi connectivity index (χ2n) is 10.8. The monoisotopic (exact) mass is 581 g/mol. The second-order valence-corrected chi connectivity index (χ2v) is 11.6. The van der Waals surface area contributed by atoms with Gasteiger partial charge >= 0.3 is 11.9 Å². The number of carbonyl (C=O) groups is 2. The molecule has 4 rings (SSSR count). The number of aromatic amines is 1. The van der Waals surface area contributed by atoms with E-state index in [4.69, 9.17) is 27.9 Å². The number of rotatable bonds is 11. The first kappa shape index (κ1) is 29.6. The molecule has 2 heterocycles. The van der Waals surface area contributed by atoms with Crippen molar-refractivity contribution in [3.8, 4) is 11.3 Å². The van der Waals surface area contributed by atoms with Crippen LogP contribution < -0.4 is 5.32 Å². The van der Waals surface area contributed by atoms with Gasteiger partial charge in [-0.2, -0.15) is 0 Å². The Labute approximate surface area is 243 Å². The van der Waals surface area contributed by atoms with Crippen molar-refractivity contribution in [2.45, 2.75) is 58.1 Å². The molecule has 4 aromatic rings. The summed E-state index contributed by atoms with van der Waals surface area (Å²) < 4.78 is 5.78. The van der Waals surface area contributed by atoms with Gasteiger partial charge in [-0.3, -0.25) is 9.78 Å². The number of halogens is 2. The quantitative estimate of drug-likeness (QED) is 0.129. The van der Waals surface area contributed by atoms with Crippen LogP contribution >= 0.6 is 23.2 Å². The fraction of sp³-hybridized carbons (Fsp3) is 0.323. The fourth-order valence-electron chi connectivity index (χ4n) is 4.63. The molecule has 0 aliphatic rings. The fourth-order valence-corrected chi connectivity index (χ4v) is 5.16. The number of aryl methyl sites for hydroxylation is 1. The number of esters is 1. The summed E-state index contributed by atoms with van der Waals surface area (Å²) in [5.74, 6) is -1.41. The highest BCUT2D eigenvalue weighted by molar-refractivity contribution is 6.35. The number of nitrogens with one attached hydrogen (secondary N) is 2. The van der Waals surface area contributed by atoms with E-state index in [0.717, 1.165) is 35.9 Å². The minimum absolute atomic E-state index is 0.153. The largest absolute Gasteiger partial charge is 0.478 e. The summed E-state index contributed by atoms with van der Waals surface area (Å²) in [6.45, 7) is 6.10. The number of pyridine rings is 1. The standard InChI is InChI=1S/C31H33Cl2N3O4/c1-31(2,3)40-30(39)27(35-12-5-4-7-19-8-6-11-34-18-19)17-25-24-15-20(29(37)38)9-10-26(24)36-28(25)21-13-22(32)16-23(33)14-21/h6,8-11,13-16,18,27,35-36H,4-5,7,12,17H2,1-3H3,(H,37,38). The number of hydrogen-bond acceptors (Lipinski definition) is 5. The smallest absolute Gasteiger partial charge is 0.335 e. The van der Waals surface area contributed by atoms with Crippen LogP contribution in [0.15, 0.2) is 60.9 Å². The van der Waals surface area contributed by atoms with Gasteiger partial charge in [-0.15, -0.1) is 0 Å². The van der Waals surface area contributed by atoms with Crippen LogP contribution in [0.1, 0.15) is 55.1 Å². The topological polar surface area (TPSA) is 104 Å². The molecule has 0 fully saturated rings. The van der Waals surface area contributed by atoms with Crippen LogP contribution in [0.5, 0.6) is 0 Å². The first-order chi connectivity index (χ1) is 19.0. The van der Waals surface area contributed by atoms with Crippen molar-refractivity contribution >= 4 is 46.0 Å². The third-order valence-electron chi connectivity index (χ3n) is 6.41. The molecular weight excluding hydrogens is 549 g/mol. The molecule has 0 amide bonds. The molecule has 0 aliphatic carbocycles. The van der Waals surface area contributed by atoms with Crippen molar-refractivity contribution in [3.63, 3.8) is 0 Å². The number of unbranched alkanes of at least 4 members (excludes halogenated alkanes) is 1. The molecule has 0 bridgehead atoms. The van der Waals surface area contributed by atoms with Gasteiger partial charge in [0.1, 0.15) is 11.6 Å². The maximum Gasteiger partial charge on any atom is 0.335 e. The van der Waals surface area contributed by atoms with Crippen molar-refractivity contribution in [3.05, 3.63) is 87.7 Å². The highest BCUT2D eigenvalue weighted by atomic mass is 35.5. The van der Waals surface area contributed by atoms with Crippen LogP contribution in [0, 0.1) is 0 Å². The van der Waals surface area contributed by atoms with Gasteiger partial charge in [-0.25, -0.2) is 4.79 Å². The molecule has 2 aromatic heterocycles. The normalized spacial score (nSPS) is 12.4. The maximum absolute atomic E-state index is 13.4. The van der Waals surface area contributed by atoms with E-state index in [9.17, 15) is 14.7 Å². The van der Waals surface area contributed by atoms with Crippen LogP contribution in [-0.4, -0.2) is 45.2 Å². The third kappa shape index (κ3) is 7.84. The molecule has 0 saturated carbocycles. The first-order valence-corrected chi connectivity index (χ1v) is 14.0. The first-order valence-electron chi connectivity index (χ1n) is 13.2. The molecule has 40 heavy (non-hydrogen) atoms. The Morgan fingerprint density at radius 3 is 2.48 bits per heavy atom. The molecule has 210 valence electrons. The Morgan fingerprint density at radius 2 is 1.82 bits per heavy atom. The van der Waals surface area contributed by atoms with E-state index in [1.807, 2.05) is 33.0 Å². The molecule has 2 aromatic carbocycles. The zero-order valence-corrected chi connectivity index (χ0v) is 24.3. The predicted molar refractivity (Wildman–Crippen MR) is 159 cm³/mol. The zero-order chi connectivity index (χ0) is 28.9. The summed E-state index contributed by atoms with van der Waals surface area (Å²) in [5.41, 5.74) is 3.62. The number of H-pyrrole nitrogens is 1. The average Bonchev–Trinajstić information content (AvgIpc) is 3.24. The Hall–Kier alpha value is -3.39. The molecule has 3 N–H and O–H groups in total. The lowest BCUT2D eigenvalue weighted by Gasteiger charge is -2.25. The molecule has 1 atom stereocenters.